The summed E-state index contributed by atoms with van der Waals surface area (Å²) < 4.78 is 51.5. The van der Waals surface area contributed by atoms with E-state index in [1.807, 2.05) is 24.3 Å². The highest BCUT2D eigenvalue weighted by atomic mass is 16.5. The number of Topliss-reactive ketones (excluding diaryl/α,β-unsaturated/α-hetero) is 2. The van der Waals surface area contributed by atoms with E-state index in [9.17, 15) is 9.59 Å². The Morgan fingerprint density at radius 3 is 1.21 bits per heavy atom. The minimum Gasteiger partial charge on any atom is -0.493 e. The number of methoxy groups -OCH3 is 6. The van der Waals surface area contributed by atoms with Crippen LogP contribution in [0.5, 0.6) is 46.0 Å². The number of hydrogen-bond donors (Lipinski definition) is 0. The highest BCUT2D eigenvalue weighted by Crippen LogP contribution is 2.43. The van der Waals surface area contributed by atoms with E-state index in [4.69, 9.17) is 42.6 Å². The van der Waals surface area contributed by atoms with Crippen LogP contribution in [0, 0.1) is 0 Å². The van der Waals surface area contributed by atoms with Crippen LogP contribution < -0.4 is 37.9 Å². The van der Waals surface area contributed by atoms with Crippen LogP contribution in [0.2, 0.25) is 0 Å². The largest absolute Gasteiger partial charge is 0.493 e. The third-order valence-corrected chi connectivity index (χ3v) is 9.06. The summed E-state index contributed by atoms with van der Waals surface area (Å²) in [5, 5.41) is 0. The average molecular weight is 715 g/mol. The van der Waals surface area contributed by atoms with E-state index in [-0.39, 0.29) is 23.8 Å². The molecule has 1 aliphatic heterocycles. The molecule has 4 aromatic carbocycles. The van der Waals surface area contributed by atoms with E-state index in [1.165, 1.54) is 14.2 Å². The molecule has 4 atom stereocenters. The highest BCUT2D eigenvalue weighted by molar-refractivity contribution is 6.00. The van der Waals surface area contributed by atoms with Gasteiger partial charge in [-0.05, 0) is 105 Å². The number of ether oxygens (including phenoxy) is 9. The van der Waals surface area contributed by atoms with Crippen LogP contribution in [0.3, 0.4) is 0 Å². The van der Waals surface area contributed by atoms with E-state index in [0.29, 0.717) is 57.1 Å². The number of ketones is 2. The van der Waals surface area contributed by atoms with Crippen LogP contribution in [0.15, 0.2) is 72.8 Å². The molecule has 1 heterocycles. The molecule has 5 rings (SSSR count). The van der Waals surface area contributed by atoms with Gasteiger partial charge >= 0.3 is 0 Å². The Morgan fingerprint density at radius 2 is 0.846 bits per heavy atom. The molecule has 0 saturated carbocycles. The minimum atomic E-state index is -0.790. The fourth-order valence-corrected chi connectivity index (χ4v) is 6.21. The summed E-state index contributed by atoms with van der Waals surface area (Å²) in [7, 11) is 9.26. The van der Waals surface area contributed by atoms with Gasteiger partial charge in [-0.1, -0.05) is 12.1 Å². The number of rotatable bonds is 16. The molecular weight excluding hydrogens is 668 g/mol. The molecule has 4 aromatic rings. The second kappa shape index (κ2) is 17.2. The fraction of sp³-hybridized carbons (Fsp3) is 0.366. The zero-order valence-electron chi connectivity index (χ0n) is 30.8. The molecule has 0 unspecified atom stereocenters. The van der Waals surface area contributed by atoms with Gasteiger partial charge in [-0.2, -0.15) is 0 Å². The van der Waals surface area contributed by atoms with Crippen molar-refractivity contribution in [3.63, 3.8) is 0 Å². The maximum Gasteiger partial charge on any atom is 0.203 e. The molecule has 0 spiro atoms. The van der Waals surface area contributed by atoms with E-state index >= 15 is 0 Å². The lowest BCUT2D eigenvalue weighted by Gasteiger charge is -2.31. The van der Waals surface area contributed by atoms with Crippen molar-refractivity contribution >= 4 is 11.6 Å². The second-order valence-corrected chi connectivity index (χ2v) is 12.3. The van der Waals surface area contributed by atoms with Crippen molar-refractivity contribution in [2.75, 3.05) is 42.7 Å². The molecule has 276 valence electrons. The first-order chi connectivity index (χ1) is 25.1. The number of carbonyl (C=O) groups is 2. The molecule has 11 heteroatoms. The van der Waals surface area contributed by atoms with Gasteiger partial charge < -0.3 is 42.6 Å². The average Bonchev–Trinajstić information content (AvgIpc) is 3.19. The Morgan fingerprint density at radius 1 is 0.500 bits per heavy atom. The summed E-state index contributed by atoms with van der Waals surface area (Å²) in [6.45, 7) is 3.39. The molecule has 0 aliphatic carbocycles. The molecule has 11 nitrogen and oxygen atoms in total. The number of benzene rings is 4. The molecule has 0 bridgehead atoms. The van der Waals surface area contributed by atoms with Gasteiger partial charge in [-0.15, -0.1) is 0 Å². The zero-order chi connectivity index (χ0) is 37.4. The van der Waals surface area contributed by atoms with Crippen molar-refractivity contribution < 1.29 is 52.2 Å². The summed E-state index contributed by atoms with van der Waals surface area (Å²) >= 11 is 0. The van der Waals surface area contributed by atoms with Crippen molar-refractivity contribution in [1.29, 1.82) is 0 Å². The Bertz CT molecular complexity index is 1740. The first kappa shape index (κ1) is 37.8. The Hall–Kier alpha value is -5.42. The predicted molar refractivity (Wildman–Crippen MR) is 194 cm³/mol. The Balaban J connectivity index is 1.26. The molecule has 52 heavy (non-hydrogen) atoms. The summed E-state index contributed by atoms with van der Waals surface area (Å²) in [4.78, 5) is 26.5. The van der Waals surface area contributed by atoms with Gasteiger partial charge in [0, 0.05) is 11.1 Å². The number of hydrogen-bond acceptors (Lipinski definition) is 11. The van der Waals surface area contributed by atoms with Crippen molar-refractivity contribution in [2.45, 2.75) is 57.5 Å². The topological polar surface area (TPSA) is 117 Å². The lowest BCUT2D eigenvalue weighted by atomic mass is 9.94. The van der Waals surface area contributed by atoms with Gasteiger partial charge in [0.2, 0.25) is 11.6 Å². The van der Waals surface area contributed by atoms with Gasteiger partial charge in [-0.3, -0.25) is 9.59 Å². The summed E-state index contributed by atoms with van der Waals surface area (Å²) in [6, 6.07) is 21.3. The van der Waals surface area contributed by atoms with Crippen molar-refractivity contribution in [2.24, 2.45) is 0 Å². The quantitative estimate of drug-likeness (QED) is 0.105. The van der Waals surface area contributed by atoms with Gasteiger partial charge in [-0.25, -0.2) is 0 Å². The van der Waals surface area contributed by atoms with Crippen LogP contribution in [0.4, 0.5) is 0 Å². The third kappa shape index (κ3) is 8.37. The summed E-state index contributed by atoms with van der Waals surface area (Å²) in [6.07, 6.45) is 0.598. The van der Waals surface area contributed by atoms with Gasteiger partial charge in [0.15, 0.2) is 58.2 Å². The predicted octanol–water partition coefficient (Wildman–Crippen LogP) is 8.02. The SMILES string of the molecule is COc1ccc(C(=O)[C@@H](C)Oc2ccc([C@@H]3CCC[C@H](c4ccc(O[C@H](C)C(=O)c5ccc(OC)c(OC)c5)c(OC)c4)O3)cc2OC)cc1OC. The van der Waals surface area contributed by atoms with Crippen LogP contribution in [-0.4, -0.2) is 66.4 Å². The molecule has 0 N–H and O–H groups in total. The molecular formula is C41H46O11. The van der Waals surface area contributed by atoms with Crippen molar-refractivity contribution in [1.82, 2.24) is 0 Å². The second-order valence-electron chi connectivity index (χ2n) is 12.3. The Kier molecular flexibility index (Phi) is 12.5. The van der Waals surface area contributed by atoms with Crippen LogP contribution >= 0.6 is 0 Å². The Labute approximate surface area is 304 Å². The molecule has 1 saturated heterocycles. The zero-order valence-corrected chi connectivity index (χ0v) is 30.8. The van der Waals surface area contributed by atoms with E-state index in [1.54, 1.807) is 90.8 Å². The first-order valence-corrected chi connectivity index (χ1v) is 17.0. The standard InChI is InChI=1S/C41H46O11/c1-24(40(42)28-14-16-32(44-3)36(22-28)46-5)50-34-18-12-26(20-38(34)48-7)30-10-9-11-31(52-30)27-13-19-35(39(21-27)49-8)51-25(2)41(43)29-15-17-33(45-4)37(23-29)47-6/h12-25,30-31H,9-11H2,1-8H3/t24-,25-,30-,31+/m1/s1. The molecule has 1 fully saturated rings. The normalized spacial score (nSPS) is 16.5. The molecule has 0 radical (unpaired) electrons. The molecule has 0 aromatic heterocycles. The lowest BCUT2D eigenvalue weighted by Crippen LogP contribution is -2.24. The van der Waals surface area contributed by atoms with Gasteiger partial charge in [0.25, 0.3) is 0 Å². The maximum atomic E-state index is 13.2. The van der Waals surface area contributed by atoms with E-state index < -0.39 is 12.2 Å². The van der Waals surface area contributed by atoms with Crippen LogP contribution in [0.1, 0.15) is 77.2 Å². The summed E-state index contributed by atoms with van der Waals surface area (Å²) in [5.74, 6) is 3.45. The lowest BCUT2D eigenvalue weighted by molar-refractivity contribution is -0.0536. The van der Waals surface area contributed by atoms with Crippen molar-refractivity contribution in [3.05, 3.63) is 95.1 Å². The summed E-state index contributed by atoms with van der Waals surface area (Å²) in [5.41, 5.74) is 2.75. The highest BCUT2D eigenvalue weighted by Gasteiger charge is 2.28. The monoisotopic (exact) mass is 714 g/mol. The third-order valence-electron chi connectivity index (χ3n) is 9.06. The maximum absolute atomic E-state index is 13.2. The first-order valence-electron chi connectivity index (χ1n) is 17.0. The minimum absolute atomic E-state index is 0.200. The molecule has 1 aliphatic rings. The van der Waals surface area contributed by atoms with E-state index in [0.717, 1.165) is 30.4 Å². The van der Waals surface area contributed by atoms with Crippen LogP contribution in [0.25, 0.3) is 0 Å². The smallest absolute Gasteiger partial charge is 0.203 e. The van der Waals surface area contributed by atoms with Gasteiger partial charge in [0.1, 0.15) is 0 Å². The molecule has 0 amide bonds. The van der Waals surface area contributed by atoms with Gasteiger partial charge in [0.05, 0.1) is 54.9 Å². The van der Waals surface area contributed by atoms with E-state index in [2.05, 4.69) is 0 Å². The van der Waals surface area contributed by atoms with Crippen molar-refractivity contribution in [3.8, 4) is 46.0 Å². The fourth-order valence-electron chi connectivity index (χ4n) is 6.21. The number of carbonyl (C=O) groups excluding carboxylic acids is 2. The van der Waals surface area contributed by atoms with Crippen LogP contribution in [-0.2, 0) is 4.74 Å².